The van der Waals surface area contributed by atoms with Crippen molar-refractivity contribution in [3.8, 4) is 0 Å². The molecule has 1 fully saturated rings. The Morgan fingerprint density at radius 3 is 2.74 bits per heavy atom. The number of nitro groups is 1. The van der Waals surface area contributed by atoms with Crippen LogP contribution in [0.25, 0.3) is 10.2 Å². The number of aromatic nitrogens is 3. The molecule has 3 aromatic rings. The smallest absolute Gasteiger partial charge is 0.353 e. The summed E-state index contributed by atoms with van der Waals surface area (Å²) in [6.07, 6.45) is 6.83. The number of aryl methyl sites for hydroxylation is 1. The molecule has 2 aromatic heterocycles. The Morgan fingerprint density at radius 2 is 1.96 bits per heavy atom. The second-order valence-electron chi connectivity index (χ2n) is 6.77. The highest BCUT2D eigenvalue weighted by Crippen LogP contribution is 2.35. The number of nitrogens with one attached hydrogen (secondary N) is 2. The third-order valence-corrected chi connectivity index (χ3v) is 5.65. The maximum Gasteiger partial charge on any atom is 0.353 e. The molecule has 1 aliphatic rings. The monoisotopic (exact) mass is 384 g/mol. The van der Waals surface area contributed by atoms with Crippen LogP contribution >= 0.6 is 11.3 Å². The molecule has 27 heavy (non-hydrogen) atoms. The third kappa shape index (κ3) is 3.82. The fourth-order valence-corrected chi connectivity index (χ4v) is 4.34. The maximum absolute atomic E-state index is 11.7. The van der Waals surface area contributed by atoms with Crippen LogP contribution in [-0.4, -0.2) is 25.9 Å². The Morgan fingerprint density at radius 1 is 1.19 bits per heavy atom. The molecular formula is C18H20N6O2S. The number of thiazole rings is 1. The van der Waals surface area contributed by atoms with Crippen LogP contribution in [0, 0.1) is 17.0 Å². The Bertz CT molecular complexity index is 983. The van der Waals surface area contributed by atoms with Crippen LogP contribution in [0.15, 0.2) is 24.5 Å². The molecule has 9 heteroatoms. The molecule has 4 rings (SSSR count). The average molecular weight is 384 g/mol. The molecule has 0 spiro atoms. The number of hydrogen-bond donors (Lipinski definition) is 2. The molecule has 1 aliphatic carbocycles. The van der Waals surface area contributed by atoms with Crippen molar-refractivity contribution >= 4 is 44.0 Å². The number of nitrogens with zero attached hydrogens (tertiary/aromatic N) is 4. The Balaban J connectivity index is 1.64. The van der Waals surface area contributed by atoms with Crippen LogP contribution in [-0.2, 0) is 0 Å². The zero-order valence-electron chi connectivity index (χ0n) is 14.9. The number of rotatable bonds is 5. The lowest BCUT2D eigenvalue weighted by Gasteiger charge is -2.23. The summed E-state index contributed by atoms with van der Waals surface area (Å²) in [4.78, 5) is 24.0. The van der Waals surface area contributed by atoms with Gasteiger partial charge in [0.05, 0.1) is 15.1 Å². The van der Waals surface area contributed by atoms with Crippen molar-refractivity contribution in [1.82, 2.24) is 15.0 Å². The Kier molecular flexibility index (Phi) is 4.85. The van der Waals surface area contributed by atoms with E-state index >= 15 is 0 Å². The van der Waals surface area contributed by atoms with Gasteiger partial charge in [0.1, 0.15) is 6.33 Å². The standard InChI is InChI=1S/C18H20N6O2S/c1-11-7-8-13-14(9-11)27-18(22-13)23-17-15(24(25)26)16(19-10-20-17)21-12-5-3-2-4-6-12/h7-10,12H,2-6H2,1H3,(H2,19,20,21,22,23). The van der Waals surface area contributed by atoms with Gasteiger partial charge in [0.2, 0.25) is 11.6 Å². The van der Waals surface area contributed by atoms with E-state index in [9.17, 15) is 10.1 Å². The molecule has 2 heterocycles. The van der Waals surface area contributed by atoms with Gasteiger partial charge in [-0.15, -0.1) is 0 Å². The fraction of sp³-hybridized carbons (Fsp3) is 0.389. The lowest BCUT2D eigenvalue weighted by atomic mass is 9.95. The summed E-state index contributed by atoms with van der Waals surface area (Å²) < 4.78 is 1.02. The largest absolute Gasteiger partial charge is 0.361 e. The van der Waals surface area contributed by atoms with E-state index < -0.39 is 4.92 Å². The summed E-state index contributed by atoms with van der Waals surface area (Å²) in [5.74, 6) is 0.422. The van der Waals surface area contributed by atoms with E-state index in [4.69, 9.17) is 0 Å². The van der Waals surface area contributed by atoms with Crippen molar-refractivity contribution in [2.45, 2.75) is 45.1 Å². The van der Waals surface area contributed by atoms with E-state index in [0.717, 1.165) is 41.5 Å². The first kappa shape index (κ1) is 17.6. The minimum Gasteiger partial charge on any atom is -0.361 e. The van der Waals surface area contributed by atoms with E-state index in [0.29, 0.717) is 5.13 Å². The van der Waals surface area contributed by atoms with Gasteiger partial charge in [-0.1, -0.05) is 36.7 Å². The molecule has 0 bridgehead atoms. The van der Waals surface area contributed by atoms with Crippen LogP contribution in [0.4, 0.5) is 22.5 Å². The van der Waals surface area contributed by atoms with Crippen LogP contribution in [0.3, 0.4) is 0 Å². The summed E-state index contributed by atoms with van der Waals surface area (Å²) in [5, 5.41) is 18.5. The summed E-state index contributed by atoms with van der Waals surface area (Å²) in [6, 6.07) is 6.19. The van der Waals surface area contributed by atoms with Gasteiger partial charge >= 0.3 is 5.69 Å². The topological polar surface area (TPSA) is 106 Å². The third-order valence-electron chi connectivity index (χ3n) is 4.72. The highest BCUT2D eigenvalue weighted by atomic mass is 32.1. The predicted molar refractivity (Wildman–Crippen MR) is 107 cm³/mol. The highest BCUT2D eigenvalue weighted by Gasteiger charge is 2.26. The first-order valence-electron chi connectivity index (χ1n) is 9.00. The second-order valence-corrected chi connectivity index (χ2v) is 7.80. The number of benzene rings is 1. The first-order chi connectivity index (χ1) is 13.1. The molecular weight excluding hydrogens is 364 g/mol. The number of anilines is 3. The van der Waals surface area contributed by atoms with Gasteiger partial charge in [-0.2, -0.15) is 0 Å². The van der Waals surface area contributed by atoms with Crippen molar-refractivity contribution in [1.29, 1.82) is 0 Å². The minimum absolute atomic E-state index is 0.140. The van der Waals surface area contributed by atoms with Gasteiger partial charge in [-0.25, -0.2) is 15.0 Å². The highest BCUT2D eigenvalue weighted by molar-refractivity contribution is 7.22. The molecule has 1 aromatic carbocycles. The van der Waals surface area contributed by atoms with Crippen molar-refractivity contribution in [3.63, 3.8) is 0 Å². The summed E-state index contributed by atoms with van der Waals surface area (Å²) in [7, 11) is 0. The Labute approximate surface area is 160 Å². The van der Waals surface area contributed by atoms with Gasteiger partial charge in [0, 0.05) is 6.04 Å². The molecule has 1 saturated carbocycles. The molecule has 0 amide bonds. The quantitative estimate of drug-likeness (QED) is 0.481. The predicted octanol–water partition coefficient (Wildman–Crippen LogP) is 4.79. The molecule has 0 radical (unpaired) electrons. The Hall–Kier alpha value is -2.81. The lowest BCUT2D eigenvalue weighted by Crippen LogP contribution is -2.23. The second kappa shape index (κ2) is 7.43. The van der Waals surface area contributed by atoms with Gasteiger partial charge in [0.25, 0.3) is 0 Å². The van der Waals surface area contributed by atoms with Gasteiger partial charge in [-0.05, 0) is 37.5 Å². The molecule has 0 aliphatic heterocycles. The SMILES string of the molecule is Cc1ccc2nc(Nc3ncnc(NC4CCCCC4)c3[N+](=O)[O-])sc2c1. The van der Waals surface area contributed by atoms with E-state index in [2.05, 4.69) is 25.6 Å². The van der Waals surface area contributed by atoms with Gasteiger partial charge in [0.15, 0.2) is 5.13 Å². The minimum atomic E-state index is -0.440. The lowest BCUT2D eigenvalue weighted by molar-refractivity contribution is -0.383. The molecule has 140 valence electrons. The maximum atomic E-state index is 11.7. The van der Waals surface area contributed by atoms with Crippen molar-refractivity contribution in [3.05, 3.63) is 40.2 Å². The summed E-state index contributed by atoms with van der Waals surface area (Å²) >= 11 is 1.44. The average Bonchev–Trinajstić information content (AvgIpc) is 3.04. The molecule has 2 N–H and O–H groups in total. The van der Waals surface area contributed by atoms with Crippen LogP contribution in [0.2, 0.25) is 0 Å². The van der Waals surface area contributed by atoms with E-state index in [1.807, 2.05) is 25.1 Å². The summed E-state index contributed by atoms with van der Waals surface area (Å²) in [5.41, 5.74) is 1.86. The molecule has 0 saturated heterocycles. The number of fused-ring (bicyclic) bond motifs is 1. The number of hydrogen-bond acceptors (Lipinski definition) is 8. The molecule has 8 nitrogen and oxygen atoms in total. The molecule has 0 atom stereocenters. The zero-order valence-corrected chi connectivity index (χ0v) is 15.8. The normalized spacial score (nSPS) is 15.0. The zero-order chi connectivity index (χ0) is 18.8. The van der Waals surface area contributed by atoms with Crippen molar-refractivity contribution in [2.24, 2.45) is 0 Å². The van der Waals surface area contributed by atoms with Crippen LogP contribution < -0.4 is 10.6 Å². The van der Waals surface area contributed by atoms with Crippen LogP contribution in [0.5, 0.6) is 0 Å². The van der Waals surface area contributed by atoms with Crippen molar-refractivity contribution in [2.75, 3.05) is 10.6 Å². The fourth-order valence-electron chi connectivity index (χ4n) is 3.38. The van der Waals surface area contributed by atoms with Crippen molar-refractivity contribution < 1.29 is 4.92 Å². The van der Waals surface area contributed by atoms with E-state index in [-0.39, 0.29) is 23.4 Å². The van der Waals surface area contributed by atoms with E-state index in [1.54, 1.807) is 0 Å². The van der Waals surface area contributed by atoms with Gasteiger partial charge < -0.3 is 10.6 Å². The van der Waals surface area contributed by atoms with Crippen LogP contribution in [0.1, 0.15) is 37.7 Å². The van der Waals surface area contributed by atoms with E-state index in [1.165, 1.54) is 24.1 Å². The summed E-state index contributed by atoms with van der Waals surface area (Å²) in [6.45, 7) is 2.02. The van der Waals surface area contributed by atoms with Gasteiger partial charge in [-0.3, -0.25) is 10.1 Å². The molecule has 0 unspecified atom stereocenters. The first-order valence-corrected chi connectivity index (χ1v) is 9.82.